The molecule has 6 nitrogen and oxygen atoms in total. The molecule has 1 heterocycles. The van der Waals surface area contributed by atoms with Crippen molar-refractivity contribution in [2.24, 2.45) is 0 Å². The number of rotatable bonds is 4. The second-order valence-electron chi connectivity index (χ2n) is 7.55. The summed E-state index contributed by atoms with van der Waals surface area (Å²) < 4.78 is 6.22. The van der Waals surface area contributed by atoms with Crippen LogP contribution in [0.3, 0.4) is 0 Å². The molecule has 1 aliphatic heterocycles. The molecule has 0 aromatic heterocycles. The Kier molecular flexibility index (Phi) is 33.4. The molecule has 1 saturated heterocycles. The summed E-state index contributed by atoms with van der Waals surface area (Å²) in [4.78, 5) is 16.3. The van der Waals surface area contributed by atoms with Crippen molar-refractivity contribution in [2.75, 3.05) is 39.4 Å². The molecule has 3 rings (SSSR count). The van der Waals surface area contributed by atoms with Crippen LogP contribution in [0.1, 0.15) is 51.7 Å². The van der Waals surface area contributed by atoms with Gasteiger partial charge in [0, 0.05) is 30.3 Å². The Balaban J connectivity index is -0.000000175. The van der Waals surface area contributed by atoms with Gasteiger partial charge >= 0.3 is 0 Å². The zero-order valence-corrected chi connectivity index (χ0v) is 24.7. The third-order valence-corrected chi connectivity index (χ3v) is 6.10. The van der Waals surface area contributed by atoms with E-state index in [1.54, 1.807) is 0 Å². The van der Waals surface area contributed by atoms with Gasteiger partial charge in [-0.25, -0.2) is 0 Å². The van der Waals surface area contributed by atoms with Crippen LogP contribution in [0.4, 0.5) is 0 Å². The average molecular weight is 565 g/mol. The fourth-order valence-electron chi connectivity index (χ4n) is 2.93. The van der Waals surface area contributed by atoms with Crippen LogP contribution in [0.2, 0.25) is 0 Å². The molecule has 0 saturated carbocycles. The molecule has 0 atom stereocenters. The van der Waals surface area contributed by atoms with Crippen LogP contribution in [0.25, 0.3) is 0 Å². The fraction of sp³-hybridized carbons (Fsp3) is 0.538. The van der Waals surface area contributed by atoms with E-state index >= 15 is 0 Å². The van der Waals surface area contributed by atoms with E-state index in [-0.39, 0.29) is 17.1 Å². The smallest absolute Gasteiger partial charge is 0.120 e. The van der Waals surface area contributed by atoms with Crippen molar-refractivity contribution >= 4 is 25.3 Å². The quantitative estimate of drug-likeness (QED) is 0.275. The standard InChI is InChI=1S/C8H20N.2C7H8S.C4H8O.Fe.2NO/c1-5-9(6-2,7-3)8-4;2*1-6-2-4-7(8)5-3-6;1-2-4-5-3-1;;2*1-2/h5-8H2,1-4H3;2*2-5,8H,1H3;1-4H2;;;/q+1;;;;;;/p-2. The molecule has 0 amide bonds. The van der Waals surface area contributed by atoms with Gasteiger partial charge in [-0.1, -0.05) is 59.7 Å². The van der Waals surface area contributed by atoms with Crippen molar-refractivity contribution in [3.8, 4) is 0 Å². The molecular weight excluding hydrogens is 522 g/mol. The topological polar surface area (TPSA) is 88.0 Å². The SMILES string of the molecule is C1CCOC1.CC[N+](CC)(CC)CC.Cc1ccc([S-])cc1.Cc1ccc([S-])cc1.[Fe].[N]=O.[N]=O. The average Bonchev–Trinajstić information content (AvgIpc) is 3.48. The second kappa shape index (κ2) is 28.8. The van der Waals surface area contributed by atoms with Crippen LogP contribution in [0.15, 0.2) is 58.3 Å². The van der Waals surface area contributed by atoms with Gasteiger partial charge < -0.3 is 34.5 Å². The van der Waals surface area contributed by atoms with Crippen LogP contribution in [-0.2, 0) is 47.1 Å². The number of hydrogen-bond acceptors (Lipinski definition) is 5. The van der Waals surface area contributed by atoms with Gasteiger partial charge in [0.05, 0.1) is 26.2 Å². The van der Waals surface area contributed by atoms with Crippen LogP contribution in [0, 0.1) is 23.7 Å². The molecule has 2 aromatic rings. The number of ether oxygens (including phenoxy) is 1. The van der Waals surface area contributed by atoms with E-state index in [4.69, 9.17) is 51.0 Å². The Morgan fingerprint density at radius 2 is 0.914 bits per heavy atom. The van der Waals surface area contributed by atoms with E-state index in [0.717, 1.165) is 23.0 Å². The molecule has 2 aromatic carbocycles. The normalized spacial score (nSPS) is 10.9. The van der Waals surface area contributed by atoms with Crippen LogP contribution in [0.5, 0.6) is 0 Å². The van der Waals surface area contributed by atoms with E-state index in [0.29, 0.717) is 0 Å². The van der Waals surface area contributed by atoms with E-state index in [1.807, 2.05) is 48.5 Å². The van der Waals surface area contributed by atoms with E-state index < -0.39 is 0 Å². The molecule has 0 bridgehead atoms. The predicted molar refractivity (Wildman–Crippen MR) is 147 cm³/mol. The number of quaternary nitrogens is 1. The minimum absolute atomic E-state index is 0. The predicted octanol–water partition coefficient (Wildman–Crippen LogP) is 5.58. The van der Waals surface area contributed by atoms with Gasteiger partial charge in [-0.2, -0.15) is 9.79 Å². The minimum Gasteiger partial charge on any atom is -0.780 e. The molecule has 9 heteroatoms. The number of aryl methyl sites for hydroxylation is 2. The van der Waals surface area contributed by atoms with E-state index in [9.17, 15) is 0 Å². The van der Waals surface area contributed by atoms with E-state index in [2.05, 4.69) is 41.5 Å². The first-order chi connectivity index (χ1) is 16.3. The summed E-state index contributed by atoms with van der Waals surface area (Å²) in [6, 6.07) is 15.8. The van der Waals surface area contributed by atoms with Gasteiger partial charge in [0.25, 0.3) is 0 Å². The third kappa shape index (κ3) is 24.0. The van der Waals surface area contributed by atoms with Crippen molar-refractivity contribution in [2.45, 2.75) is 64.2 Å². The zero-order valence-electron chi connectivity index (χ0n) is 22.0. The first-order valence-corrected chi connectivity index (χ1v) is 12.4. The summed E-state index contributed by atoms with van der Waals surface area (Å²) in [5, 5.41) is 0. The van der Waals surface area contributed by atoms with Crippen molar-refractivity contribution in [1.82, 2.24) is 11.2 Å². The minimum atomic E-state index is 0. The Bertz CT molecular complexity index is 573. The Morgan fingerprint density at radius 3 is 1.03 bits per heavy atom. The molecular formula is C26H42FeN3O3S2-. The maximum atomic E-state index is 7.25. The molecule has 200 valence electrons. The summed E-state index contributed by atoms with van der Waals surface area (Å²) in [5.74, 6) is 0. The molecule has 2 radical (unpaired) electrons. The number of nitrogens with zero attached hydrogens (tertiary/aromatic N) is 3. The summed E-state index contributed by atoms with van der Waals surface area (Å²) in [6.07, 6.45) is 2.56. The summed E-state index contributed by atoms with van der Waals surface area (Å²) in [6.45, 7) is 20.3. The monoisotopic (exact) mass is 564 g/mol. The van der Waals surface area contributed by atoms with Gasteiger partial charge in [0.1, 0.15) is 11.2 Å². The van der Waals surface area contributed by atoms with E-state index in [1.165, 1.54) is 54.6 Å². The molecule has 1 fully saturated rings. The summed E-state index contributed by atoms with van der Waals surface area (Å²) in [5.41, 5.74) is 14.0. The third-order valence-electron chi connectivity index (χ3n) is 5.55. The van der Waals surface area contributed by atoms with Crippen molar-refractivity contribution in [3.63, 3.8) is 0 Å². The molecule has 0 unspecified atom stereocenters. The fourth-order valence-corrected chi connectivity index (χ4v) is 3.20. The maximum Gasteiger partial charge on any atom is 0.120 e. The van der Waals surface area contributed by atoms with Crippen LogP contribution < -0.4 is 11.2 Å². The molecule has 0 N–H and O–H groups in total. The van der Waals surface area contributed by atoms with Gasteiger partial charge in [0.15, 0.2) is 0 Å². The summed E-state index contributed by atoms with van der Waals surface area (Å²) in [7, 11) is 0. The Labute approximate surface area is 235 Å². The van der Waals surface area contributed by atoms with Gasteiger partial charge in [-0.05, 0) is 54.4 Å². The first kappa shape index (κ1) is 40.7. The van der Waals surface area contributed by atoms with Gasteiger partial charge in [0.2, 0.25) is 0 Å². The van der Waals surface area contributed by atoms with Crippen molar-refractivity contribution in [1.29, 1.82) is 0 Å². The van der Waals surface area contributed by atoms with Gasteiger partial charge in [-0.15, -0.1) is 9.81 Å². The van der Waals surface area contributed by atoms with Gasteiger partial charge in [-0.3, -0.25) is 0 Å². The zero-order chi connectivity index (χ0) is 26.8. The molecule has 0 spiro atoms. The first-order valence-electron chi connectivity index (χ1n) is 11.6. The maximum absolute atomic E-state index is 7.25. The molecule has 0 aliphatic carbocycles. The molecule has 35 heavy (non-hydrogen) atoms. The number of benzene rings is 2. The Hall–Kier alpha value is -1.48. The number of hydrogen-bond donors (Lipinski definition) is 0. The van der Waals surface area contributed by atoms with Crippen molar-refractivity contribution in [3.05, 3.63) is 69.5 Å². The molecule has 1 aliphatic rings. The number of nitroso groups, excluding NO2 is 2. The van der Waals surface area contributed by atoms with Crippen molar-refractivity contribution < 1.29 is 26.3 Å². The largest absolute Gasteiger partial charge is 0.780 e. The second-order valence-corrected chi connectivity index (χ2v) is 8.49. The summed E-state index contributed by atoms with van der Waals surface area (Å²) >= 11 is 9.74. The Morgan fingerprint density at radius 1 is 0.657 bits per heavy atom. The van der Waals surface area contributed by atoms with Crippen LogP contribution >= 0.6 is 0 Å². The van der Waals surface area contributed by atoms with Crippen LogP contribution in [-0.4, -0.2) is 43.9 Å².